The van der Waals surface area contributed by atoms with Crippen LogP contribution in [0.15, 0.2) is 47.9 Å². The summed E-state index contributed by atoms with van der Waals surface area (Å²) in [6.07, 6.45) is 1.58. The number of rotatable bonds is 5. The van der Waals surface area contributed by atoms with Crippen LogP contribution < -0.4 is 4.74 Å². The molecular formula is C13H14O5S. The van der Waals surface area contributed by atoms with Crippen LogP contribution in [0.25, 0.3) is 0 Å². The summed E-state index contributed by atoms with van der Waals surface area (Å²) in [4.78, 5) is 11.2. The fourth-order valence-corrected chi connectivity index (χ4v) is 2.16. The molecule has 1 rings (SSSR count). The van der Waals surface area contributed by atoms with Gasteiger partial charge in [-0.25, -0.2) is 4.79 Å². The van der Waals surface area contributed by atoms with Crippen LogP contribution in [-0.4, -0.2) is 18.9 Å². The van der Waals surface area contributed by atoms with Gasteiger partial charge in [-0.2, -0.15) is 8.42 Å². The fraction of sp³-hybridized carbons (Fsp3) is 0.154. The number of benzene rings is 1. The maximum absolute atomic E-state index is 11.5. The second-order valence-corrected chi connectivity index (χ2v) is 5.26. The van der Waals surface area contributed by atoms with Crippen LogP contribution >= 0.6 is 0 Å². The van der Waals surface area contributed by atoms with Crippen molar-refractivity contribution in [2.45, 2.75) is 18.2 Å². The Morgan fingerprint density at radius 1 is 1.47 bits per heavy atom. The summed E-state index contributed by atoms with van der Waals surface area (Å²) in [5.41, 5.74) is 0.358. The molecule has 0 atom stereocenters. The molecule has 0 aliphatic rings. The summed E-state index contributed by atoms with van der Waals surface area (Å²) in [5, 5.41) is 0. The van der Waals surface area contributed by atoms with Gasteiger partial charge >= 0.3 is 5.97 Å². The average molecular weight is 282 g/mol. The highest BCUT2D eigenvalue weighted by atomic mass is 32.2. The molecule has 0 saturated carbocycles. The van der Waals surface area contributed by atoms with E-state index in [0.29, 0.717) is 0 Å². The topological polar surface area (TPSA) is 80.7 Å². The van der Waals surface area contributed by atoms with Crippen molar-refractivity contribution in [1.29, 1.82) is 0 Å². The SMILES string of the molecule is C=CCc1c(OC(=O)C(=C)C)cccc1S(=O)(=O)O. The van der Waals surface area contributed by atoms with Crippen molar-refractivity contribution in [3.05, 3.63) is 48.6 Å². The van der Waals surface area contributed by atoms with Crippen molar-refractivity contribution in [1.82, 2.24) is 0 Å². The van der Waals surface area contributed by atoms with Gasteiger partial charge in [0.15, 0.2) is 0 Å². The smallest absolute Gasteiger partial charge is 0.338 e. The lowest BCUT2D eigenvalue weighted by Gasteiger charge is -2.11. The lowest BCUT2D eigenvalue weighted by atomic mass is 10.1. The first kappa shape index (κ1) is 15.1. The predicted molar refractivity (Wildman–Crippen MR) is 70.6 cm³/mol. The number of carbonyl (C=O) groups excluding carboxylic acids is 1. The standard InChI is InChI=1S/C13H14O5S/c1-4-6-10-11(18-13(14)9(2)3)7-5-8-12(10)19(15,16)17/h4-5,7-8H,1-2,6H2,3H3,(H,15,16,17). The Balaban J connectivity index is 3.36. The van der Waals surface area contributed by atoms with E-state index < -0.39 is 16.1 Å². The first-order valence-electron chi connectivity index (χ1n) is 5.35. The zero-order valence-electron chi connectivity index (χ0n) is 10.4. The van der Waals surface area contributed by atoms with Crippen LogP contribution in [0.5, 0.6) is 5.75 Å². The van der Waals surface area contributed by atoms with E-state index in [-0.39, 0.29) is 28.2 Å². The molecule has 0 saturated heterocycles. The maximum atomic E-state index is 11.5. The first-order valence-corrected chi connectivity index (χ1v) is 6.79. The molecule has 1 N–H and O–H groups in total. The number of ether oxygens (including phenoxy) is 1. The predicted octanol–water partition coefficient (Wildman–Crippen LogP) is 2.14. The van der Waals surface area contributed by atoms with Crippen LogP contribution in [-0.2, 0) is 21.3 Å². The largest absolute Gasteiger partial charge is 0.423 e. The zero-order valence-corrected chi connectivity index (χ0v) is 11.2. The Hall–Kier alpha value is -1.92. The molecule has 0 heterocycles. The Kier molecular flexibility index (Phi) is 4.63. The molecule has 5 nitrogen and oxygen atoms in total. The zero-order chi connectivity index (χ0) is 14.6. The van der Waals surface area contributed by atoms with Crippen LogP contribution in [0, 0.1) is 0 Å². The van der Waals surface area contributed by atoms with Crippen molar-refractivity contribution in [2.24, 2.45) is 0 Å². The molecule has 102 valence electrons. The van der Waals surface area contributed by atoms with Crippen molar-refractivity contribution < 1.29 is 22.5 Å². The third-order valence-corrected chi connectivity index (χ3v) is 3.21. The normalized spacial score (nSPS) is 10.8. The van der Waals surface area contributed by atoms with E-state index in [1.54, 1.807) is 0 Å². The Labute approximate surface area is 112 Å². The number of hydrogen-bond acceptors (Lipinski definition) is 4. The molecule has 0 spiro atoms. The van der Waals surface area contributed by atoms with Crippen molar-refractivity contribution >= 4 is 16.1 Å². The molecular weight excluding hydrogens is 268 g/mol. The molecule has 0 aliphatic carbocycles. The van der Waals surface area contributed by atoms with Crippen LogP contribution in [0.1, 0.15) is 12.5 Å². The van der Waals surface area contributed by atoms with E-state index in [2.05, 4.69) is 13.2 Å². The van der Waals surface area contributed by atoms with Crippen molar-refractivity contribution in [2.75, 3.05) is 0 Å². The van der Waals surface area contributed by atoms with Crippen LogP contribution in [0.2, 0.25) is 0 Å². The second kappa shape index (κ2) is 5.81. The van der Waals surface area contributed by atoms with Crippen molar-refractivity contribution in [3.63, 3.8) is 0 Å². The van der Waals surface area contributed by atoms with Gasteiger partial charge in [-0.15, -0.1) is 6.58 Å². The van der Waals surface area contributed by atoms with Gasteiger partial charge < -0.3 is 4.74 Å². The molecule has 0 radical (unpaired) electrons. The van der Waals surface area contributed by atoms with Gasteiger partial charge in [-0.05, 0) is 25.5 Å². The van der Waals surface area contributed by atoms with Gasteiger partial charge in [0, 0.05) is 11.1 Å². The molecule has 0 amide bonds. The fourth-order valence-electron chi connectivity index (χ4n) is 1.42. The Morgan fingerprint density at radius 3 is 2.58 bits per heavy atom. The molecule has 6 heteroatoms. The number of hydrogen-bond donors (Lipinski definition) is 1. The monoisotopic (exact) mass is 282 g/mol. The van der Waals surface area contributed by atoms with Gasteiger partial charge in [-0.3, -0.25) is 4.55 Å². The van der Waals surface area contributed by atoms with Gasteiger partial charge in [-0.1, -0.05) is 18.7 Å². The highest BCUT2D eigenvalue weighted by molar-refractivity contribution is 7.85. The molecule has 0 unspecified atom stereocenters. The highest BCUT2D eigenvalue weighted by Crippen LogP contribution is 2.27. The van der Waals surface area contributed by atoms with E-state index in [4.69, 9.17) is 9.29 Å². The molecule has 0 fully saturated rings. The third kappa shape index (κ3) is 3.77. The minimum absolute atomic E-state index is 0.0584. The molecule has 0 bridgehead atoms. The molecule has 19 heavy (non-hydrogen) atoms. The van der Waals surface area contributed by atoms with Crippen LogP contribution in [0.4, 0.5) is 0 Å². The van der Waals surface area contributed by atoms with Gasteiger partial charge in [0.25, 0.3) is 10.1 Å². The lowest BCUT2D eigenvalue weighted by Crippen LogP contribution is -2.12. The molecule has 1 aromatic rings. The van der Waals surface area contributed by atoms with Gasteiger partial charge in [0.1, 0.15) is 10.6 Å². The third-order valence-electron chi connectivity index (χ3n) is 2.27. The van der Waals surface area contributed by atoms with Crippen molar-refractivity contribution in [3.8, 4) is 5.75 Å². The van der Waals surface area contributed by atoms with E-state index in [1.807, 2.05) is 0 Å². The Morgan fingerprint density at radius 2 is 2.11 bits per heavy atom. The average Bonchev–Trinajstić information content (AvgIpc) is 2.29. The summed E-state index contributed by atoms with van der Waals surface area (Å²) in [5.74, 6) is -0.610. The minimum Gasteiger partial charge on any atom is -0.423 e. The van der Waals surface area contributed by atoms with E-state index >= 15 is 0 Å². The Bertz CT molecular complexity index is 628. The second-order valence-electron chi connectivity index (χ2n) is 3.87. The summed E-state index contributed by atoms with van der Waals surface area (Å²) in [6, 6.07) is 4.04. The minimum atomic E-state index is -4.40. The number of carbonyl (C=O) groups is 1. The van der Waals surface area contributed by atoms with Gasteiger partial charge in [0.2, 0.25) is 0 Å². The number of esters is 1. The summed E-state index contributed by atoms with van der Waals surface area (Å²) in [6.45, 7) is 8.41. The summed E-state index contributed by atoms with van der Waals surface area (Å²) in [7, 11) is -4.40. The van der Waals surface area contributed by atoms with E-state index in [9.17, 15) is 13.2 Å². The van der Waals surface area contributed by atoms with E-state index in [1.165, 1.54) is 31.2 Å². The summed E-state index contributed by atoms with van der Waals surface area (Å²) >= 11 is 0. The summed E-state index contributed by atoms with van der Waals surface area (Å²) < 4.78 is 36.7. The maximum Gasteiger partial charge on any atom is 0.338 e. The molecule has 1 aromatic carbocycles. The quantitative estimate of drug-likeness (QED) is 0.294. The van der Waals surface area contributed by atoms with Gasteiger partial charge in [0.05, 0.1) is 0 Å². The highest BCUT2D eigenvalue weighted by Gasteiger charge is 2.19. The molecule has 0 aliphatic heterocycles. The lowest BCUT2D eigenvalue weighted by molar-refractivity contribution is -0.130. The van der Waals surface area contributed by atoms with E-state index in [0.717, 1.165) is 0 Å². The van der Waals surface area contributed by atoms with Crippen LogP contribution in [0.3, 0.4) is 0 Å². The molecule has 0 aromatic heterocycles. The first-order chi connectivity index (χ1) is 8.77. The number of allylic oxidation sites excluding steroid dienone is 1.